The maximum absolute atomic E-state index is 12.5. The van der Waals surface area contributed by atoms with E-state index in [1.54, 1.807) is 54.6 Å². The summed E-state index contributed by atoms with van der Waals surface area (Å²) in [5, 5.41) is 14.7. The van der Waals surface area contributed by atoms with E-state index >= 15 is 0 Å². The van der Waals surface area contributed by atoms with E-state index in [1.807, 2.05) is 0 Å². The van der Waals surface area contributed by atoms with Crippen LogP contribution in [0.4, 0.5) is 5.69 Å². The summed E-state index contributed by atoms with van der Waals surface area (Å²) in [7, 11) is 0. The number of carbonyl (C=O) groups is 2. The smallest absolute Gasteiger partial charge is 0.253 e. The Morgan fingerprint density at radius 1 is 1.18 bits per heavy atom. The number of nitrogens with zero attached hydrogens (tertiary/aromatic N) is 1. The first-order chi connectivity index (χ1) is 13.7. The first kappa shape index (κ1) is 19.3. The SMILES string of the molecule is N#Cc1ccccc1/C=C/C(=O)Nc1ccccc1C(=O)NCC1CCCO1. The predicted octanol–water partition coefficient (Wildman–Crippen LogP) is 3.12. The summed E-state index contributed by atoms with van der Waals surface area (Å²) in [6, 6.07) is 15.9. The fraction of sp³-hybridized carbons (Fsp3) is 0.227. The largest absolute Gasteiger partial charge is 0.376 e. The van der Waals surface area contributed by atoms with Crippen LogP contribution in [0.2, 0.25) is 0 Å². The third kappa shape index (κ3) is 5.06. The minimum Gasteiger partial charge on any atom is -0.376 e. The molecule has 0 saturated carbocycles. The molecule has 1 aliphatic rings. The monoisotopic (exact) mass is 375 g/mol. The van der Waals surface area contributed by atoms with Gasteiger partial charge in [-0.2, -0.15) is 5.26 Å². The van der Waals surface area contributed by atoms with Crippen molar-refractivity contribution in [3.63, 3.8) is 0 Å². The van der Waals surface area contributed by atoms with Crippen LogP contribution in [0, 0.1) is 11.3 Å². The minimum atomic E-state index is -0.382. The number of hydrogen-bond donors (Lipinski definition) is 2. The van der Waals surface area contributed by atoms with Gasteiger partial charge in [-0.1, -0.05) is 30.3 Å². The molecule has 1 aliphatic heterocycles. The number of nitrogens with one attached hydrogen (secondary N) is 2. The number of benzene rings is 2. The van der Waals surface area contributed by atoms with Crippen molar-refractivity contribution in [3.8, 4) is 6.07 Å². The quantitative estimate of drug-likeness (QED) is 0.759. The highest BCUT2D eigenvalue weighted by Gasteiger charge is 2.18. The maximum Gasteiger partial charge on any atom is 0.253 e. The van der Waals surface area contributed by atoms with E-state index in [0.717, 1.165) is 19.4 Å². The topological polar surface area (TPSA) is 91.2 Å². The summed E-state index contributed by atoms with van der Waals surface area (Å²) in [5.41, 5.74) is 1.96. The van der Waals surface area contributed by atoms with Gasteiger partial charge in [0.25, 0.3) is 5.91 Å². The van der Waals surface area contributed by atoms with E-state index in [4.69, 9.17) is 10.00 Å². The number of ether oxygens (including phenoxy) is 1. The molecule has 1 saturated heterocycles. The normalized spacial score (nSPS) is 15.9. The molecule has 142 valence electrons. The third-order valence-corrected chi connectivity index (χ3v) is 4.44. The van der Waals surface area contributed by atoms with Crippen LogP contribution in [-0.4, -0.2) is 31.1 Å². The Hall–Kier alpha value is -3.43. The molecule has 0 spiro atoms. The van der Waals surface area contributed by atoms with Gasteiger partial charge in [0, 0.05) is 19.2 Å². The summed E-state index contributed by atoms with van der Waals surface area (Å²) < 4.78 is 5.51. The van der Waals surface area contributed by atoms with E-state index in [0.29, 0.717) is 28.9 Å². The van der Waals surface area contributed by atoms with Crippen molar-refractivity contribution in [1.29, 1.82) is 5.26 Å². The summed E-state index contributed by atoms with van der Waals surface area (Å²) in [5.74, 6) is -0.641. The van der Waals surface area contributed by atoms with Crippen LogP contribution in [0.1, 0.15) is 34.3 Å². The molecule has 2 aromatic carbocycles. The average molecular weight is 375 g/mol. The Balaban J connectivity index is 1.65. The van der Waals surface area contributed by atoms with Gasteiger partial charge in [0.05, 0.1) is 29.0 Å². The lowest BCUT2D eigenvalue weighted by atomic mass is 10.1. The fourth-order valence-electron chi connectivity index (χ4n) is 2.98. The van der Waals surface area contributed by atoms with Gasteiger partial charge in [0.1, 0.15) is 0 Å². The van der Waals surface area contributed by atoms with Crippen LogP contribution in [0.5, 0.6) is 0 Å². The highest BCUT2D eigenvalue weighted by molar-refractivity contribution is 6.07. The number of para-hydroxylation sites is 1. The zero-order valence-electron chi connectivity index (χ0n) is 15.4. The van der Waals surface area contributed by atoms with Crippen molar-refractivity contribution >= 4 is 23.6 Å². The number of carbonyl (C=O) groups excluding carboxylic acids is 2. The lowest BCUT2D eigenvalue weighted by Gasteiger charge is -2.13. The molecule has 0 bridgehead atoms. The van der Waals surface area contributed by atoms with Gasteiger partial charge in [0.15, 0.2) is 0 Å². The van der Waals surface area contributed by atoms with Crippen LogP contribution in [0.3, 0.4) is 0 Å². The molecule has 28 heavy (non-hydrogen) atoms. The standard InChI is InChI=1S/C22H21N3O3/c23-14-17-7-2-1-6-16(17)11-12-21(26)25-20-10-4-3-9-19(20)22(27)24-15-18-8-5-13-28-18/h1-4,6-7,9-12,18H,5,8,13,15H2,(H,24,27)(H,25,26)/b12-11+. The predicted molar refractivity (Wildman–Crippen MR) is 107 cm³/mol. The minimum absolute atomic E-state index is 0.0499. The maximum atomic E-state index is 12.5. The molecule has 0 radical (unpaired) electrons. The molecule has 2 aromatic rings. The van der Waals surface area contributed by atoms with Crippen LogP contribution in [0.25, 0.3) is 6.08 Å². The number of amides is 2. The van der Waals surface area contributed by atoms with E-state index in [2.05, 4.69) is 16.7 Å². The Bertz CT molecular complexity index is 925. The molecule has 0 aromatic heterocycles. The van der Waals surface area contributed by atoms with E-state index in [9.17, 15) is 9.59 Å². The zero-order valence-corrected chi connectivity index (χ0v) is 15.4. The lowest BCUT2D eigenvalue weighted by Crippen LogP contribution is -2.32. The number of rotatable bonds is 6. The summed E-state index contributed by atoms with van der Waals surface area (Å²) in [6.07, 6.45) is 4.92. The summed E-state index contributed by atoms with van der Waals surface area (Å²) in [6.45, 7) is 1.18. The molecule has 1 heterocycles. The first-order valence-corrected chi connectivity index (χ1v) is 9.14. The Kier molecular flexibility index (Phi) is 6.55. The number of nitriles is 1. The van der Waals surface area contributed by atoms with Gasteiger partial charge >= 0.3 is 0 Å². The van der Waals surface area contributed by atoms with Crippen molar-refractivity contribution in [2.45, 2.75) is 18.9 Å². The Morgan fingerprint density at radius 2 is 1.96 bits per heavy atom. The second-order valence-electron chi connectivity index (χ2n) is 6.41. The third-order valence-electron chi connectivity index (χ3n) is 4.44. The molecular formula is C22H21N3O3. The second-order valence-corrected chi connectivity index (χ2v) is 6.41. The van der Waals surface area contributed by atoms with E-state index in [1.165, 1.54) is 6.08 Å². The van der Waals surface area contributed by atoms with Crippen LogP contribution in [0.15, 0.2) is 54.6 Å². The molecule has 2 amide bonds. The van der Waals surface area contributed by atoms with Gasteiger partial charge in [-0.15, -0.1) is 0 Å². The van der Waals surface area contributed by atoms with Crippen molar-refractivity contribution in [1.82, 2.24) is 5.32 Å². The summed E-state index contributed by atoms with van der Waals surface area (Å²) >= 11 is 0. The fourth-order valence-corrected chi connectivity index (χ4v) is 2.98. The molecule has 1 atom stereocenters. The number of anilines is 1. The highest BCUT2D eigenvalue weighted by atomic mass is 16.5. The molecule has 1 fully saturated rings. The summed E-state index contributed by atoms with van der Waals surface area (Å²) in [4.78, 5) is 24.8. The van der Waals surface area contributed by atoms with Crippen molar-refractivity contribution in [3.05, 3.63) is 71.3 Å². The van der Waals surface area contributed by atoms with Crippen molar-refractivity contribution in [2.75, 3.05) is 18.5 Å². The zero-order chi connectivity index (χ0) is 19.8. The molecule has 6 nitrogen and oxygen atoms in total. The Morgan fingerprint density at radius 3 is 2.75 bits per heavy atom. The van der Waals surface area contributed by atoms with E-state index in [-0.39, 0.29) is 17.9 Å². The van der Waals surface area contributed by atoms with Crippen molar-refractivity contribution in [2.24, 2.45) is 0 Å². The van der Waals surface area contributed by atoms with Crippen molar-refractivity contribution < 1.29 is 14.3 Å². The van der Waals surface area contributed by atoms with Gasteiger partial charge in [-0.05, 0) is 42.7 Å². The average Bonchev–Trinajstić information content (AvgIpc) is 3.25. The number of hydrogen-bond acceptors (Lipinski definition) is 4. The second kappa shape index (κ2) is 9.49. The van der Waals surface area contributed by atoms with Crippen LogP contribution in [-0.2, 0) is 9.53 Å². The molecule has 0 aliphatic carbocycles. The molecule has 1 unspecified atom stereocenters. The van der Waals surface area contributed by atoms with Gasteiger partial charge in [0.2, 0.25) is 5.91 Å². The van der Waals surface area contributed by atoms with Gasteiger partial charge in [-0.25, -0.2) is 0 Å². The van der Waals surface area contributed by atoms with Gasteiger partial charge in [-0.3, -0.25) is 9.59 Å². The molecule has 3 rings (SSSR count). The van der Waals surface area contributed by atoms with Crippen LogP contribution >= 0.6 is 0 Å². The highest BCUT2D eigenvalue weighted by Crippen LogP contribution is 2.16. The molecular weight excluding hydrogens is 354 g/mol. The van der Waals surface area contributed by atoms with Gasteiger partial charge < -0.3 is 15.4 Å². The molecule has 2 N–H and O–H groups in total. The first-order valence-electron chi connectivity index (χ1n) is 9.14. The lowest BCUT2D eigenvalue weighted by molar-refractivity contribution is -0.111. The molecule has 6 heteroatoms. The van der Waals surface area contributed by atoms with E-state index < -0.39 is 0 Å². The van der Waals surface area contributed by atoms with Crippen LogP contribution < -0.4 is 10.6 Å². The Labute approximate surface area is 163 Å².